The molecule has 0 saturated heterocycles. The van der Waals surface area contributed by atoms with Crippen LogP contribution in [0, 0.1) is 0 Å². The zero-order valence-corrected chi connectivity index (χ0v) is 11.1. The standard InChI is InChI=1S/C11H15NO5S/c1-16-11(13)7-6-9-4-3-5-10(12-9)8-17-18(2,14)15/h3-5H,6-8H2,1-2H3. The average molecular weight is 273 g/mol. The number of hydrogen-bond donors (Lipinski definition) is 0. The summed E-state index contributed by atoms with van der Waals surface area (Å²) >= 11 is 0. The van der Waals surface area contributed by atoms with E-state index in [-0.39, 0.29) is 19.0 Å². The molecule has 7 heteroatoms. The molecule has 0 amide bonds. The molecule has 0 aliphatic heterocycles. The quantitative estimate of drug-likeness (QED) is 0.559. The lowest BCUT2D eigenvalue weighted by molar-refractivity contribution is -0.140. The summed E-state index contributed by atoms with van der Waals surface area (Å²) in [6.07, 6.45) is 1.66. The first kappa shape index (κ1) is 14.6. The van der Waals surface area contributed by atoms with Gasteiger partial charge in [0.15, 0.2) is 0 Å². The third-order valence-electron chi connectivity index (χ3n) is 2.10. The fraction of sp³-hybridized carbons (Fsp3) is 0.455. The average Bonchev–Trinajstić information content (AvgIpc) is 2.33. The molecular formula is C11H15NO5S. The molecule has 0 aliphatic carbocycles. The Morgan fingerprint density at radius 2 is 2.00 bits per heavy atom. The van der Waals surface area contributed by atoms with Gasteiger partial charge in [-0.05, 0) is 12.1 Å². The second-order valence-electron chi connectivity index (χ2n) is 3.66. The zero-order chi connectivity index (χ0) is 13.6. The van der Waals surface area contributed by atoms with Crippen LogP contribution in [0.1, 0.15) is 17.8 Å². The van der Waals surface area contributed by atoms with Crippen LogP contribution in [-0.4, -0.2) is 32.7 Å². The van der Waals surface area contributed by atoms with Crippen molar-refractivity contribution in [2.45, 2.75) is 19.4 Å². The molecule has 0 aromatic carbocycles. The van der Waals surface area contributed by atoms with Gasteiger partial charge in [0, 0.05) is 12.1 Å². The Balaban J connectivity index is 2.59. The summed E-state index contributed by atoms with van der Waals surface area (Å²) in [5.74, 6) is -0.311. The molecule has 1 aromatic heterocycles. The molecule has 6 nitrogen and oxygen atoms in total. The van der Waals surface area contributed by atoms with Gasteiger partial charge in [0.2, 0.25) is 0 Å². The van der Waals surface area contributed by atoms with Crippen LogP contribution in [0.15, 0.2) is 18.2 Å². The SMILES string of the molecule is COC(=O)CCc1cccc(COS(C)(=O)=O)n1. The predicted molar refractivity (Wildman–Crippen MR) is 64.2 cm³/mol. The monoisotopic (exact) mass is 273 g/mol. The summed E-state index contributed by atoms with van der Waals surface area (Å²) in [4.78, 5) is 15.2. The Bertz CT molecular complexity index is 512. The van der Waals surface area contributed by atoms with Crippen LogP contribution in [0.2, 0.25) is 0 Å². The normalized spacial score (nSPS) is 11.2. The molecule has 1 rings (SSSR count). The van der Waals surface area contributed by atoms with Crippen molar-refractivity contribution in [3.05, 3.63) is 29.6 Å². The Morgan fingerprint density at radius 3 is 2.61 bits per heavy atom. The van der Waals surface area contributed by atoms with Crippen LogP contribution in [0.4, 0.5) is 0 Å². The number of methoxy groups -OCH3 is 1. The Morgan fingerprint density at radius 1 is 1.33 bits per heavy atom. The van der Waals surface area contributed by atoms with Crippen molar-refractivity contribution >= 4 is 16.1 Å². The highest BCUT2D eigenvalue weighted by atomic mass is 32.2. The summed E-state index contributed by atoms with van der Waals surface area (Å²) in [7, 11) is -2.15. The number of hydrogen-bond acceptors (Lipinski definition) is 6. The highest BCUT2D eigenvalue weighted by molar-refractivity contribution is 7.85. The number of nitrogens with zero attached hydrogens (tertiary/aromatic N) is 1. The molecule has 0 atom stereocenters. The van der Waals surface area contributed by atoms with E-state index in [1.807, 2.05) is 0 Å². The second kappa shape index (κ2) is 6.46. The molecule has 1 heterocycles. The maximum Gasteiger partial charge on any atom is 0.305 e. The second-order valence-corrected chi connectivity index (χ2v) is 5.31. The molecule has 0 spiro atoms. The minimum atomic E-state index is -3.48. The van der Waals surface area contributed by atoms with Crippen LogP contribution in [0.3, 0.4) is 0 Å². The summed E-state index contributed by atoms with van der Waals surface area (Å²) in [5.41, 5.74) is 1.19. The van der Waals surface area contributed by atoms with Gasteiger partial charge in [-0.15, -0.1) is 0 Å². The van der Waals surface area contributed by atoms with E-state index < -0.39 is 10.1 Å². The van der Waals surface area contributed by atoms with E-state index >= 15 is 0 Å². The van der Waals surface area contributed by atoms with Crippen molar-refractivity contribution in [3.63, 3.8) is 0 Å². The molecule has 0 N–H and O–H groups in total. The fourth-order valence-corrected chi connectivity index (χ4v) is 1.58. The van der Waals surface area contributed by atoms with Crippen molar-refractivity contribution in [1.82, 2.24) is 4.98 Å². The molecule has 0 saturated carbocycles. The van der Waals surface area contributed by atoms with Crippen LogP contribution < -0.4 is 0 Å². The Kier molecular flexibility index (Phi) is 5.24. The summed E-state index contributed by atoms with van der Waals surface area (Å²) < 4.78 is 30.8. The summed E-state index contributed by atoms with van der Waals surface area (Å²) in [5, 5.41) is 0. The van der Waals surface area contributed by atoms with E-state index in [0.717, 1.165) is 6.26 Å². The van der Waals surface area contributed by atoms with E-state index in [0.29, 0.717) is 17.8 Å². The third kappa shape index (κ3) is 5.74. The number of pyridine rings is 1. The van der Waals surface area contributed by atoms with Gasteiger partial charge in [0.05, 0.1) is 25.5 Å². The van der Waals surface area contributed by atoms with Crippen molar-refractivity contribution in [3.8, 4) is 0 Å². The number of carbonyl (C=O) groups is 1. The molecule has 0 unspecified atom stereocenters. The van der Waals surface area contributed by atoms with Gasteiger partial charge in [-0.25, -0.2) is 0 Å². The Hall–Kier alpha value is -1.47. The van der Waals surface area contributed by atoms with Crippen molar-refractivity contribution in [2.75, 3.05) is 13.4 Å². The van der Waals surface area contributed by atoms with Gasteiger partial charge < -0.3 is 4.74 Å². The van der Waals surface area contributed by atoms with Crippen LogP contribution >= 0.6 is 0 Å². The van der Waals surface area contributed by atoms with E-state index in [1.54, 1.807) is 18.2 Å². The number of esters is 1. The largest absolute Gasteiger partial charge is 0.469 e. The van der Waals surface area contributed by atoms with Crippen molar-refractivity contribution in [2.24, 2.45) is 0 Å². The molecule has 1 aromatic rings. The highest BCUT2D eigenvalue weighted by Gasteiger charge is 2.06. The number of aromatic nitrogens is 1. The molecule has 0 aliphatic rings. The minimum Gasteiger partial charge on any atom is -0.469 e. The van der Waals surface area contributed by atoms with E-state index in [1.165, 1.54) is 7.11 Å². The zero-order valence-electron chi connectivity index (χ0n) is 10.3. The predicted octanol–water partition coefficient (Wildman–Crippen LogP) is 0.663. The Labute approximate surface area is 106 Å². The number of rotatable bonds is 6. The van der Waals surface area contributed by atoms with Gasteiger partial charge in [-0.3, -0.25) is 14.0 Å². The van der Waals surface area contributed by atoms with Crippen LogP contribution in [0.25, 0.3) is 0 Å². The van der Waals surface area contributed by atoms with Crippen LogP contribution in [0.5, 0.6) is 0 Å². The first-order valence-corrected chi connectivity index (χ1v) is 7.08. The lowest BCUT2D eigenvalue weighted by Gasteiger charge is -2.04. The van der Waals surface area contributed by atoms with E-state index in [9.17, 15) is 13.2 Å². The molecule has 0 fully saturated rings. The maximum absolute atomic E-state index is 11.0. The van der Waals surface area contributed by atoms with Gasteiger partial charge >= 0.3 is 5.97 Å². The molecule has 0 radical (unpaired) electrons. The molecule has 18 heavy (non-hydrogen) atoms. The first-order valence-electron chi connectivity index (χ1n) is 5.27. The summed E-state index contributed by atoms with van der Waals surface area (Å²) in [6, 6.07) is 5.15. The summed E-state index contributed by atoms with van der Waals surface area (Å²) in [6.45, 7) is -0.106. The molecule has 0 bridgehead atoms. The molecular weight excluding hydrogens is 258 g/mol. The highest BCUT2D eigenvalue weighted by Crippen LogP contribution is 2.05. The maximum atomic E-state index is 11.0. The van der Waals surface area contributed by atoms with Crippen molar-refractivity contribution < 1.29 is 22.1 Å². The number of carbonyl (C=O) groups excluding carboxylic acids is 1. The fourth-order valence-electron chi connectivity index (χ4n) is 1.25. The smallest absolute Gasteiger partial charge is 0.305 e. The van der Waals surface area contributed by atoms with Crippen molar-refractivity contribution in [1.29, 1.82) is 0 Å². The number of ether oxygens (including phenoxy) is 1. The van der Waals surface area contributed by atoms with Crippen LogP contribution in [-0.2, 0) is 36.9 Å². The third-order valence-corrected chi connectivity index (χ3v) is 2.64. The van der Waals surface area contributed by atoms with Gasteiger partial charge in [0.25, 0.3) is 10.1 Å². The van der Waals surface area contributed by atoms with Gasteiger partial charge in [-0.2, -0.15) is 8.42 Å². The first-order chi connectivity index (χ1) is 8.40. The minimum absolute atomic E-state index is 0.106. The number of aryl methyl sites for hydroxylation is 1. The lowest BCUT2D eigenvalue weighted by atomic mass is 10.2. The molecule has 100 valence electrons. The van der Waals surface area contributed by atoms with E-state index in [4.69, 9.17) is 0 Å². The van der Waals surface area contributed by atoms with E-state index in [2.05, 4.69) is 13.9 Å². The lowest BCUT2D eigenvalue weighted by Crippen LogP contribution is -2.06. The topological polar surface area (TPSA) is 82.6 Å². The van der Waals surface area contributed by atoms with Gasteiger partial charge in [0.1, 0.15) is 6.61 Å². The van der Waals surface area contributed by atoms with Gasteiger partial charge in [-0.1, -0.05) is 6.07 Å².